The Kier molecular flexibility index (Phi) is 9.98. The molecule has 1 saturated carbocycles. The second kappa shape index (κ2) is 12.5. The largest absolute Gasteiger partial charge is 0.461 e. The number of nitrogens with zero attached hydrogens (tertiary/aromatic N) is 6. The minimum absolute atomic E-state index is 0. The molecular formula is C27H33F2N6O3U-. The first kappa shape index (κ1) is 31.2. The van der Waals surface area contributed by atoms with Crippen molar-refractivity contribution in [3.8, 4) is 6.07 Å². The number of carbonyl (C=O) groups excluding carboxylic acids is 1. The molecule has 4 rings (SSSR count). The molecule has 0 radical (unpaired) electrons. The second-order valence-electron chi connectivity index (χ2n) is 11.1. The fourth-order valence-electron chi connectivity index (χ4n) is 5.67. The number of alkyl halides is 2. The summed E-state index contributed by atoms with van der Waals surface area (Å²) in [6.07, 6.45) is 5.63. The smallest absolute Gasteiger partial charge is 0.345 e. The van der Waals surface area contributed by atoms with Gasteiger partial charge in [-0.2, -0.15) is 14.0 Å². The molecule has 3 atom stereocenters. The van der Waals surface area contributed by atoms with E-state index in [0.29, 0.717) is 56.1 Å². The van der Waals surface area contributed by atoms with Gasteiger partial charge in [0.1, 0.15) is 5.60 Å². The zero-order valence-electron chi connectivity index (χ0n) is 22.6. The molecular weight excluding hydrogens is 732 g/mol. The van der Waals surface area contributed by atoms with Crippen LogP contribution in [0.2, 0.25) is 0 Å². The molecule has 0 saturated heterocycles. The van der Waals surface area contributed by atoms with E-state index in [4.69, 9.17) is 4.74 Å². The zero-order valence-corrected chi connectivity index (χ0v) is 26.7. The molecule has 2 unspecified atom stereocenters. The van der Waals surface area contributed by atoms with E-state index >= 15 is 0 Å². The number of ether oxygens (including phenoxy) is 1. The molecule has 2 heterocycles. The van der Waals surface area contributed by atoms with E-state index in [9.17, 15) is 23.9 Å². The first-order valence-corrected chi connectivity index (χ1v) is 12.6. The molecule has 1 N–H and O–H groups in total. The van der Waals surface area contributed by atoms with Gasteiger partial charge in [-0.1, -0.05) is 6.92 Å². The van der Waals surface area contributed by atoms with E-state index in [-0.39, 0.29) is 37.0 Å². The van der Waals surface area contributed by atoms with Gasteiger partial charge in [-0.25, -0.2) is 0 Å². The van der Waals surface area contributed by atoms with Gasteiger partial charge in [0.2, 0.25) is 0 Å². The number of aromatic nitrogens is 2. The standard InChI is InChI=1S/C27H33F2N6O3.U/c1-26(2,37)22-12-32-24(13-31-22)34(17-36)14-19-6-8-23(38-25(28)29)27(3,10-19)15-35-16-33(4)20-7-5-18(11-30)9-21(20)35;/h5,7,9,12-13,19,23,25,37H,6,8,10,14-16H2,1-4H3;/q-1;/t19?,23?,27-;/m0./s1. The Hall–Kier alpha value is -2.31. The summed E-state index contributed by atoms with van der Waals surface area (Å²) in [6.45, 7) is 3.55. The Labute approximate surface area is 251 Å². The van der Waals surface area contributed by atoms with Crippen molar-refractivity contribution >= 4 is 23.6 Å². The van der Waals surface area contributed by atoms with Crippen molar-refractivity contribution in [1.29, 1.82) is 5.26 Å². The zero-order chi connectivity index (χ0) is 27.7. The molecule has 1 fully saturated rings. The van der Waals surface area contributed by atoms with Crippen molar-refractivity contribution in [2.24, 2.45) is 11.3 Å². The third-order valence-electron chi connectivity index (χ3n) is 7.52. The van der Waals surface area contributed by atoms with Crippen LogP contribution in [0.15, 0.2) is 30.6 Å². The maximum absolute atomic E-state index is 13.4. The molecule has 1 aliphatic carbocycles. The van der Waals surface area contributed by atoms with Gasteiger partial charge >= 0.3 is 6.61 Å². The average molecular weight is 766 g/mol. The Balaban J connectivity index is 0.00000420. The van der Waals surface area contributed by atoms with E-state index in [1.807, 2.05) is 32.5 Å². The number of hydrogen-bond donors (Lipinski definition) is 1. The number of benzene rings is 1. The summed E-state index contributed by atoms with van der Waals surface area (Å²) in [5.41, 5.74) is 0.944. The van der Waals surface area contributed by atoms with Crippen molar-refractivity contribution in [3.05, 3.63) is 41.9 Å². The molecule has 1 aliphatic heterocycles. The Bertz CT molecular complexity index is 1190. The number of halogens is 2. The Morgan fingerprint density at radius 1 is 1.31 bits per heavy atom. The van der Waals surface area contributed by atoms with Crippen LogP contribution in [0, 0.1) is 53.8 Å². The first-order chi connectivity index (χ1) is 17.9. The van der Waals surface area contributed by atoms with Crippen molar-refractivity contribution in [1.82, 2.24) is 9.97 Å². The number of aliphatic hydroxyl groups is 1. The molecule has 2 aromatic rings. The third-order valence-corrected chi connectivity index (χ3v) is 7.52. The summed E-state index contributed by atoms with van der Waals surface area (Å²) >= 11 is 0. The predicted octanol–water partition coefficient (Wildman–Crippen LogP) is 3.78. The van der Waals surface area contributed by atoms with Crippen LogP contribution in [0.3, 0.4) is 0 Å². The van der Waals surface area contributed by atoms with E-state index in [2.05, 4.69) is 25.8 Å². The molecule has 39 heavy (non-hydrogen) atoms. The molecule has 9 nitrogen and oxygen atoms in total. The molecule has 1 aromatic heterocycles. The maximum Gasteiger partial charge on any atom is 0.345 e. The number of nitriles is 1. The second-order valence-corrected chi connectivity index (χ2v) is 11.1. The van der Waals surface area contributed by atoms with Crippen LogP contribution in [-0.2, 0) is 15.1 Å². The minimum Gasteiger partial charge on any atom is -0.461 e. The number of amides is 1. The minimum atomic E-state index is -2.89. The predicted molar refractivity (Wildman–Crippen MR) is 138 cm³/mol. The van der Waals surface area contributed by atoms with E-state index in [1.165, 1.54) is 17.3 Å². The van der Waals surface area contributed by atoms with Gasteiger partial charge in [-0.05, 0) is 70.0 Å². The first-order valence-electron chi connectivity index (χ1n) is 12.6. The summed E-state index contributed by atoms with van der Waals surface area (Å²) < 4.78 is 31.9. The van der Waals surface area contributed by atoms with Crippen LogP contribution < -0.4 is 14.7 Å². The van der Waals surface area contributed by atoms with E-state index in [0.717, 1.165) is 11.4 Å². The van der Waals surface area contributed by atoms with Gasteiger partial charge in [0, 0.05) is 62.1 Å². The normalized spacial score (nSPS) is 22.7. The van der Waals surface area contributed by atoms with Gasteiger partial charge in [-0.15, -0.1) is 0 Å². The van der Waals surface area contributed by atoms with Crippen molar-refractivity contribution in [3.63, 3.8) is 0 Å². The monoisotopic (exact) mass is 765 g/mol. The van der Waals surface area contributed by atoms with Crippen LogP contribution in [0.25, 0.3) is 0 Å². The fraction of sp³-hybridized carbons (Fsp3) is 0.556. The molecule has 1 amide bonds. The number of rotatable bonds is 9. The summed E-state index contributed by atoms with van der Waals surface area (Å²) in [7, 11) is 1.95. The topological polar surface area (TPSA) is 106 Å². The summed E-state index contributed by atoms with van der Waals surface area (Å²) in [6, 6.07) is 7.65. The third kappa shape index (κ3) is 7.07. The number of anilines is 3. The SMILES string of the molecule is CN1CN(C[C@]2(C)CC(CN([C-]=O)c3cnc(C(C)(C)O)cn3)CCC2OC(F)F)c2cc(C#N)ccc21.[U]. The van der Waals surface area contributed by atoms with E-state index in [1.54, 1.807) is 19.9 Å². The Morgan fingerprint density at radius 3 is 2.64 bits per heavy atom. The summed E-state index contributed by atoms with van der Waals surface area (Å²) in [4.78, 5) is 25.9. The van der Waals surface area contributed by atoms with Crippen molar-refractivity contribution < 1.29 is 54.5 Å². The van der Waals surface area contributed by atoms with Gasteiger partial charge in [0.15, 0.2) is 0 Å². The van der Waals surface area contributed by atoms with Gasteiger partial charge < -0.3 is 34.3 Å². The molecule has 2 aliphatic rings. The van der Waals surface area contributed by atoms with Crippen molar-refractivity contribution in [2.45, 2.75) is 58.4 Å². The number of fused-ring (bicyclic) bond motifs is 1. The maximum atomic E-state index is 13.4. The van der Waals surface area contributed by atoms with Crippen molar-refractivity contribution in [2.75, 3.05) is 41.5 Å². The number of hydrogen-bond acceptors (Lipinski definition) is 8. The molecule has 12 heteroatoms. The molecule has 0 spiro atoms. The van der Waals surface area contributed by atoms with Gasteiger partial charge in [-0.3, -0.25) is 4.98 Å². The molecule has 0 bridgehead atoms. The fourth-order valence-corrected chi connectivity index (χ4v) is 5.67. The summed E-state index contributed by atoms with van der Waals surface area (Å²) in [5.74, 6) is 0.291. The summed E-state index contributed by atoms with van der Waals surface area (Å²) in [5, 5.41) is 19.5. The quantitative estimate of drug-likeness (QED) is 0.304. The van der Waals surface area contributed by atoms with Crippen LogP contribution in [0.4, 0.5) is 26.0 Å². The van der Waals surface area contributed by atoms with Crippen LogP contribution in [-0.4, -0.2) is 61.0 Å². The van der Waals surface area contributed by atoms with Gasteiger partial charge in [0.05, 0.1) is 47.9 Å². The average Bonchev–Trinajstić information content (AvgIpc) is 3.17. The van der Waals surface area contributed by atoms with Crippen LogP contribution >= 0.6 is 0 Å². The van der Waals surface area contributed by atoms with Crippen LogP contribution in [0.1, 0.15) is 51.3 Å². The molecule has 1 aromatic carbocycles. The van der Waals surface area contributed by atoms with E-state index < -0.39 is 23.7 Å². The Morgan fingerprint density at radius 2 is 2.05 bits per heavy atom. The van der Waals surface area contributed by atoms with Gasteiger partial charge in [0.25, 0.3) is 0 Å². The molecule has 208 valence electrons. The van der Waals surface area contributed by atoms with Crippen LogP contribution in [0.5, 0.6) is 0 Å².